The van der Waals surface area contributed by atoms with E-state index < -0.39 is 0 Å². The van der Waals surface area contributed by atoms with Gasteiger partial charge in [0.2, 0.25) is 0 Å². The second-order valence-electron chi connectivity index (χ2n) is 5.29. The van der Waals surface area contributed by atoms with Crippen LogP contribution < -0.4 is 10.9 Å². The molecule has 5 nitrogen and oxygen atoms in total. The second kappa shape index (κ2) is 4.72. The topological polar surface area (TPSA) is 61.0 Å². The Kier molecular flexibility index (Phi) is 3.07. The number of anilines is 1. The first-order valence-electron chi connectivity index (χ1n) is 6.85. The van der Waals surface area contributed by atoms with Crippen LogP contribution in [0.1, 0.15) is 32.0 Å². The Balaban J connectivity index is 1.65. The Morgan fingerprint density at radius 2 is 2.33 bits per heavy atom. The van der Waals surface area contributed by atoms with Crippen LogP contribution in [-0.2, 0) is 6.42 Å². The quantitative estimate of drug-likeness (QED) is 0.834. The van der Waals surface area contributed by atoms with Crippen molar-refractivity contribution in [1.82, 2.24) is 14.9 Å². The number of hydrogen-bond acceptors (Lipinski definition) is 4. The standard InChI is InChI=1S/C13H20N4O/c1-2-11-15-12(7-13(18)16-11)14-9-5-6-17(8-9)10-3-4-10/h7,9-10H,2-6,8H2,1H3,(H2,14,15,16,18). The second-order valence-corrected chi connectivity index (χ2v) is 5.29. The summed E-state index contributed by atoms with van der Waals surface area (Å²) < 4.78 is 0. The third kappa shape index (κ3) is 2.56. The molecule has 1 aliphatic carbocycles. The highest BCUT2D eigenvalue weighted by Gasteiger charge is 2.34. The number of nitrogens with zero attached hydrogens (tertiary/aromatic N) is 2. The van der Waals surface area contributed by atoms with Crippen molar-refractivity contribution < 1.29 is 0 Å². The number of nitrogens with one attached hydrogen (secondary N) is 2. The summed E-state index contributed by atoms with van der Waals surface area (Å²) in [4.78, 5) is 21.2. The van der Waals surface area contributed by atoms with E-state index in [0.717, 1.165) is 37.1 Å². The maximum Gasteiger partial charge on any atom is 0.252 e. The summed E-state index contributed by atoms with van der Waals surface area (Å²) in [6.45, 7) is 4.25. The van der Waals surface area contributed by atoms with E-state index >= 15 is 0 Å². The van der Waals surface area contributed by atoms with E-state index in [0.29, 0.717) is 6.04 Å². The summed E-state index contributed by atoms with van der Waals surface area (Å²) in [6.07, 6.45) is 4.61. The van der Waals surface area contributed by atoms with Gasteiger partial charge < -0.3 is 10.3 Å². The molecule has 1 aromatic rings. The number of aryl methyl sites for hydroxylation is 1. The van der Waals surface area contributed by atoms with E-state index in [1.807, 2.05) is 6.92 Å². The molecule has 18 heavy (non-hydrogen) atoms. The molecule has 1 aromatic heterocycles. The van der Waals surface area contributed by atoms with Crippen LogP contribution in [0.4, 0.5) is 5.82 Å². The summed E-state index contributed by atoms with van der Waals surface area (Å²) in [6, 6.07) is 2.82. The van der Waals surface area contributed by atoms with Gasteiger partial charge in [0, 0.05) is 37.7 Å². The summed E-state index contributed by atoms with van der Waals surface area (Å²) in [5.41, 5.74) is -0.0682. The van der Waals surface area contributed by atoms with E-state index in [-0.39, 0.29) is 5.56 Å². The highest BCUT2D eigenvalue weighted by molar-refractivity contribution is 5.35. The zero-order valence-electron chi connectivity index (χ0n) is 10.8. The van der Waals surface area contributed by atoms with Gasteiger partial charge in [-0.2, -0.15) is 0 Å². The molecule has 2 heterocycles. The van der Waals surface area contributed by atoms with Gasteiger partial charge in [0.25, 0.3) is 5.56 Å². The first-order chi connectivity index (χ1) is 8.74. The number of hydrogen-bond donors (Lipinski definition) is 2. The Hall–Kier alpha value is -1.36. The van der Waals surface area contributed by atoms with E-state index in [1.165, 1.54) is 19.4 Å². The van der Waals surface area contributed by atoms with Crippen molar-refractivity contribution >= 4 is 5.82 Å². The van der Waals surface area contributed by atoms with E-state index in [9.17, 15) is 4.79 Å². The lowest BCUT2D eigenvalue weighted by molar-refractivity contribution is 0.326. The van der Waals surface area contributed by atoms with Crippen molar-refractivity contribution in [3.8, 4) is 0 Å². The van der Waals surface area contributed by atoms with Crippen molar-refractivity contribution in [2.75, 3.05) is 18.4 Å². The minimum absolute atomic E-state index is 0.0682. The van der Waals surface area contributed by atoms with Crippen LogP contribution in [0.2, 0.25) is 0 Å². The fraction of sp³-hybridized carbons (Fsp3) is 0.692. The van der Waals surface area contributed by atoms with Gasteiger partial charge in [0.1, 0.15) is 11.6 Å². The summed E-state index contributed by atoms with van der Waals surface area (Å²) >= 11 is 0. The van der Waals surface area contributed by atoms with Crippen molar-refractivity contribution in [2.45, 2.75) is 44.7 Å². The highest BCUT2D eigenvalue weighted by Crippen LogP contribution is 2.30. The Morgan fingerprint density at radius 1 is 1.50 bits per heavy atom. The minimum atomic E-state index is -0.0682. The van der Waals surface area contributed by atoms with Gasteiger partial charge in [-0.15, -0.1) is 0 Å². The zero-order chi connectivity index (χ0) is 12.5. The molecule has 3 rings (SSSR count). The molecule has 1 unspecified atom stereocenters. The molecule has 1 aliphatic heterocycles. The Morgan fingerprint density at radius 3 is 3.06 bits per heavy atom. The van der Waals surface area contributed by atoms with Crippen molar-refractivity contribution in [1.29, 1.82) is 0 Å². The van der Waals surface area contributed by atoms with Crippen LogP contribution in [0.25, 0.3) is 0 Å². The van der Waals surface area contributed by atoms with E-state index in [4.69, 9.17) is 0 Å². The van der Waals surface area contributed by atoms with Gasteiger partial charge >= 0.3 is 0 Å². The number of H-pyrrole nitrogens is 1. The zero-order valence-corrected chi connectivity index (χ0v) is 10.8. The van der Waals surface area contributed by atoms with Gasteiger partial charge in [0.05, 0.1) is 0 Å². The van der Waals surface area contributed by atoms with Crippen LogP contribution in [0, 0.1) is 0 Å². The van der Waals surface area contributed by atoms with Gasteiger partial charge in [-0.3, -0.25) is 9.69 Å². The Bertz CT molecular complexity index is 480. The molecule has 2 aliphatic rings. The number of likely N-dealkylation sites (tertiary alicyclic amines) is 1. The molecule has 1 saturated carbocycles. The molecule has 0 amide bonds. The molecule has 0 bridgehead atoms. The smallest absolute Gasteiger partial charge is 0.252 e. The summed E-state index contributed by atoms with van der Waals surface area (Å²) in [5, 5.41) is 3.40. The largest absolute Gasteiger partial charge is 0.366 e. The molecule has 1 atom stereocenters. The molecule has 0 aromatic carbocycles. The van der Waals surface area contributed by atoms with Gasteiger partial charge in [0.15, 0.2) is 0 Å². The molecule has 2 fully saturated rings. The van der Waals surface area contributed by atoms with Crippen LogP contribution in [0.3, 0.4) is 0 Å². The summed E-state index contributed by atoms with van der Waals surface area (Å²) in [7, 11) is 0. The molecular weight excluding hydrogens is 228 g/mol. The third-order valence-electron chi connectivity index (χ3n) is 3.76. The molecule has 1 saturated heterocycles. The summed E-state index contributed by atoms with van der Waals surface area (Å²) in [5.74, 6) is 1.47. The normalized spacial score (nSPS) is 24.4. The van der Waals surface area contributed by atoms with Crippen LogP contribution in [0.5, 0.6) is 0 Å². The van der Waals surface area contributed by atoms with Crippen molar-refractivity contribution in [3.05, 3.63) is 22.2 Å². The maximum absolute atomic E-state index is 11.5. The molecule has 98 valence electrons. The number of aromatic amines is 1. The monoisotopic (exact) mass is 248 g/mol. The highest BCUT2D eigenvalue weighted by atomic mass is 16.1. The van der Waals surface area contributed by atoms with Crippen LogP contribution in [0.15, 0.2) is 10.9 Å². The van der Waals surface area contributed by atoms with Gasteiger partial charge in [-0.05, 0) is 19.3 Å². The fourth-order valence-corrected chi connectivity index (χ4v) is 2.64. The fourth-order valence-electron chi connectivity index (χ4n) is 2.64. The van der Waals surface area contributed by atoms with Crippen molar-refractivity contribution in [2.24, 2.45) is 0 Å². The average Bonchev–Trinajstić information content (AvgIpc) is 3.10. The van der Waals surface area contributed by atoms with Gasteiger partial charge in [-0.1, -0.05) is 6.92 Å². The Labute approximate surface area is 107 Å². The molecule has 0 radical (unpaired) electrons. The van der Waals surface area contributed by atoms with Crippen LogP contribution >= 0.6 is 0 Å². The predicted molar refractivity (Wildman–Crippen MR) is 70.9 cm³/mol. The third-order valence-corrected chi connectivity index (χ3v) is 3.76. The average molecular weight is 248 g/mol. The van der Waals surface area contributed by atoms with Crippen molar-refractivity contribution in [3.63, 3.8) is 0 Å². The maximum atomic E-state index is 11.5. The van der Waals surface area contributed by atoms with Gasteiger partial charge in [-0.25, -0.2) is 4.98 Å². The van der Waals surface area contributed by atoms with Crippen LogP contribution in [-0.4, -0.2) is 40.0 Å². The molecule has 2 N–H and O–H groups in total. The lowest BCUT2D eigenvalue weighted by Gasteiger charge is -2.16. The first kappa shape index (κ1) is 11.7. The molecular formula is C13H20N4O. The lowest BCUT2D eigenvalue weighted by atomic mass is 10.2. The minimum Gasteiger partial charge on any atom is -0.366 e. The predicted octanol–water partition coefficient (Wildman–Crippen LogP) is 0.981. The molecule has 0 spiro atoms. The number of aromatic nitrogens is 2. The first-order valence-corrected chi connectivity index (χ1v) is 6.85. The number of rotatable bonds is 4. The van der Waals surface area contributed by atoms with E-state index in [1.54, 1.807) is 6.07 Å². The lowest BCUT2D eigenvalue weighted by Crippen LogP contribution is -2.28. The van der Waals surface area contributed by atoms with E-state index in [2.05, 4.69) is 20.2 Å². The SMILES string of the molecule is CCc1nc(NC2CCN(C3CC3)C2)cc(=O)[nH]1. The molecule has 5 heteroatoms.